The van der Waals surface area contributed by atoms with Crippen LogP contribution < -0.4 is 0 Å². The van der Waals surface area contributed by atoms with E-state index in [2.05, 4.69) is 45.1 Å². The lowest BCUT2D eigenvalue weighted by Gasteiger charge is -2.21. The summed E-state index contributed by atoms with van der Waals surface area (Å²) in [6, 6.07) is 0. The Hall–Kier alpha value is -2.04. The van der Waals surface area contributed by atoms with Crippen molar-refractivity contribution >= 4 is 25.7 Å². The largest absolute Gasteiger partial charge is 0.472 e. The smallest absolute Gasteiger partial charge is 0.462 e. The number of carbonyl (C=O) groups excluding carboxylic acids is 3. The summed E-state index contributed by atoms with van der Waals surface area (Å²) in [5.74, 6) is -1.45. The molecule has 0 radical (unpaired) electrons. The Balaban J connectivity index is 4.68. The number of phosphoric acid groups is 1. The lowest BCUT2D eigenvalue weighted by Crippen LogP contribution is -2.30. The molecule has 0 rings (SSSR count). The fraction of sp³-hybridized carbons (Fsp3) is 0.883. The lowest BCUT2D eigenvalue weighted by atomic mass is 10.0. The van der Waals surface area contributed by atoms with Crippen LogP contribution in [0, 0.1) is 0 Å². The number of phosphoric ester groups is 1. The van der Waals surface area contributed by atoms with Gasteiger partial charge in [0.1, 0.15) is 12.7 Å². The average Bonchev–Trinajstić information content (AvgIpc) is 3.37. The highest BCUT2D eigenvalue weighted by Crippen LogP contribution is 2.43. The van der Waals surface area contributed by atoms with Crippen LogP contribution in [0.4, 0.5) is 0 Å². The van der Waals surface area contributed by atoms with E-state index in [9.17, 15) is 28.9 Å². The number of carbonyl (C=O) groups is 3. The zero-order valence-corrected chi connectivity index (χ0v) is 47.8. The molecule has 0 heterocycles. The van der Waals surface area contributed by atoms with E-state index in [4.69, 9.17) is 23.3 Å². The summed E-state index contributed by atoms with van der Waals surface area (Å²) in [4.78, 5) is 48.5. The molecule has 0 aliphatic carbocycles. The number of aliphatic hydroxyl groups excluding tert-OH is 1. The zero-order valence-electron chi connectivity index (χ0n) is 46.9. The molecule has 12 heteroatoms. The predicted molar refractivity (Wildman–Crippen MR) is 298 cm³/mol. The fourth-order valence-corrected chi connectivity index (χ4v) is 9.47. The maximum absolute atomic E-state index is 12.9. The number of rotatable bonds is 57. The van der Waals surface area contributed by atoms with Gasteiger partial charge < -0.3 is 24.2 Å². The third-order valence-electron chi connectivity index (χ3n) is 13.3. The first kappa shape index (κ1) is 70.0. The molecule has 3 atom stereocenters. The second kappa shape index (κ2) is 55.2. The third-order valence-corrected chi connectivity index (χ3v) is 14.3. The molecule has 0 aliphatic heterocycles. The van der Waals surface area contributed by atoms with Gasteiger partial charge in [-0.25, -0.2) is 4.57 Å². The van der Waals surface area contributed by atoms with Crippen molar-refractivity contribution in [3.63, 3.8) is 0 Å². The molecule has 0 aromatic heterocycles. The molecule has 2 N–H and O–H groups in total. The maximum atomic E-state index is 12.9. The summed E-state index contributed by atoms with van der Waals surface area (Å²) in [6.45, 7) is 4.64. The van der Waals surface area contributed by atoms with Crippen molar-refractivity contribution in [2.75, 3.05) is 26.4 Å². The molecule has 0 bridgehead atoms. The van der Waals surface area contributed by atoms with Gasteiger partial charge in [0.2, 0.25) is 0 Å². The van der Waals surface area contributed by atoms with Crippen LogP contribution in [0.1, 0.15) is 303 Å². The third kappa shape index (κ3) is 52.8. The highest BCUT2D eigenvalue weighted by atomic mass is 31.2. The van der Waals surface area contributed by atoms with Gasteiger partial charge >= 0.3 is 25.7 Å². The van der Waals surface area contributed by atoms with E-state index in [0.29, 0.717) is 19.3 Å². The fourth-order valence-electron chi connectivity index (χ4n) is 8.69. The van der Waals surface area contributed by atoms with Crippen LogP contribution in [-0.4, -0.2) is 66.5 Å². The van der Waals surface area contributed by atoms with Crippen LogP contribution in [0.5, 0.6) is 0 Å². The molecule has 72 heavy (non-hydrogen) atoms. The number of hydrogen-bond donors (Lipinski definition) is 2. The van der Waals surface area contributed by atoms with Gasteiger partial charge in [-0.05, 0) is 64.2 Å². The second-order valence-electron chi connectivity index (χ2n) is 20.5. The van der Waals surface area contributed by atoms with Crippen LogP contribution in [0.2, 0.25) is 0 Å². The Morgan fingerprint density at radius 1 is 0.375 bits per heavy atom. The number of esters is 3. The SMILES string of the molecule is CCCC/C=C\CCCCCCCC(=O)OC(CO)COP(=O)(O)OCC(COC(=O)CCCCCCCCCCCCCCCCCCC)OC(=O)CCCCCCCCC/C=C\CCCCCCCC. The number of ether oxygens (including phenoxy) is 3. The first-order chi connectivity index (χ1) is 35.2. The van der Waals surface area contributed by atoms with Gasteiger partial charge in [0.05, 0.1) is 19.8 Å². The molecule has 0 amide bonds. The maximum Gasteiger partial charge on any atom is 0.472 e. The topological polar surface area (TPSA) is 155 Å². The molecule has 0 fully saturated rings. The van der Waals surface area contributed by atoms with Gasteiger partial charge in [0, 0.05) is 19.3 Å². The quantitative estimate of drug-likeness (QED) is 0.0197. The lowest BCUT2D eigenvalue weighted by molar-refractivity contribution is -0.161. The molecular formula is C60H113O11P. The van der Waals surface area contributed by atoms with Crippen LogP contribution >= 0.6 is 7.82 Å². The van der Waals surface area contributed by atoms with Crippen molar-refractivity contribution in [2.24, 2.45) is 0 Å². The van der Waals surface area contributed by atoms with E-state index in [1.807, 2.05) is 0 Å². The molecule has 11 nitrogen and oxygen atoms in total. The number of aliphatic hydroxyl groups is 1. The van der Waals surface area contributed by atoms with Gasteiger partial charge in [-0.2, -0.15) is 0 Å². The van der Waals surface area contributed by atoms with Crippen LogP contribution in [0.3, 0.4) is 0 Å². The summed E-state index contributed by atoms with van der Waals surface area (Å²) in [6.07, 6.45) is 55.6. The minimum Gasteiger partial charge on any atom is -0.462 e. The molecular weight excluding hydrogens is 928 g/mol. The minimum absolute atomic E-state index is 0.167. The van der Waals surface area contributed by atoms with Gasteiger partial charge in [-0.1, -0.05) is 244 Å². The van der Waals surface area contributed by atoms with Gasteiger partial charge in [-0.3, -0.25) is 23.4 Å². The monoisotopic (exact) mass is 1040 g/mol. The van der Waals surface area contributed by atoms with Crippen molar-refractivity contribution in [1.82, 2.24) is 0 Å². The highest BCUT2D eigenvalue weighted by molar-refractivity contribution is 7.47. The Labute approximate surface area is 442 Å². The molecule has 0 saturated heterocycles. The second-order valence-corrected chi connectivity index (χ2v) is 22.0. The van der Waals surface area contributed by atoms with E-state index in [0.717, 1.165) is 83.5 Å². The predicted octanol–water partition coefficient (Wildman–Crippen LogP) is 17.8. The average molecular weight is 1040 g/mol. The number of unbranched alkanes of at least 4 members (excludes halogenated alkanes) is 36. The van der Waals surface area contributed by atoms with Crippen molar-refractivity contribution in [3.05, 3.63) is 24.3 Å². The van der Waals surface area contributed by atoms with Gasteiger partial charge in [-0.15, -0.1) is 0 Å². The summed E-state index contributed by atoms with van der Waals surface area (Å²) in [5.41, 5.74) is 0. The van der Waals surface area contributed by atoms with E-state index in [-0.39, 0.29) is 25.9 Å². The summed E-state index contributed by atoms with van der Waals surface area (Å²) < 4.78 is 39.5. The Bertz CT molecular complexity index is 1310. The van der Waals surface area contributed by atoms with Gasteiger partial charge in [0.15, 0.2) is 6.10 Å². The normalized spacial score (nSPS) is 13.5. The molecule has 424 valence electrons. The zero-order chi connectivity index (χ0) is 52.7. The van der Waals surface area contributed by atoms with E-state index >= 15 is 0 Å². The van der Waals surface area contributed by atoms with Crippen LogP contribution in [-0.2, 0) is 42.2 Å². The Morgan fingerprint density at radius 3 is 1.00 bits per heavy atom. The van der Waals surface area contributed by atoms with Crippen LogP contribution in [0.25, 0.3) is 0 Å². The molecule has 0 aliphatic rings. The number of allylic oxidation sites excluding steroid dienone is 4. The first-order valence-corrected chi connectivity index (χ1v) is 31.7. The molecule has 0 aromatic rings. The summed E-state index contributed by atoms with van der Waals surface area (Å²) in [7, 11) is -4.74. The molecule has 3 unspecified atom stereocenters. The highest BCUT2D eigenvalue weighted by Gasteiger charge is 2.28. The van der Waals surface area contributed by atoms with Crippen molar-refractivity contribution in [1.29, 1.82) is 0 Å². The minimum atomic E-state index is -4.74. The Kier molecular flexibility index (Phi) is 53.6. The molecule has 0 spiro atoms. The summed E-state index contributed by atoms with van der Waals surface area (Å²) >= 11 is 0. The summed E-state index contributed by atoms with van der Waals surface area (Å²) in [5, 5.41) is 9.80. The van der Waals surface area contributed by atoms with Crippen molar-refractivity contribution < 1.29 is 52.2 Å². The van der Waals surface area contributed by atoms with Crippen molar-refractivity contribution in [3.8, 4) is 0 Å². The van der Waals surface area contributed by atoms with Gasteiger partial charge in [0.25, 0.3) is 0 Å². The Morgan fingerprint density at radius 2 is 0.653 bits per heavy atom. The standard InChI is InChI=1S/C60H113O11P/c1-4-7-10-13-16-19-22-24-26-28-30-32-35-37-40-43-46-49-58(62)67-53-57(71-60(64)51-48-45-42-39-36-33-31-29-27-25-23-20-17-14-11-8-5-2)55-69-72(65,66)68-54-56(52-61)70-59(63)50-47-44-41-38-34-21-18-15-12-9-6-3/h15,18,25,27,56-57,61H,4-14,16-17,19-24,26,28-55H2,1-3H3,(H,65,66)/b18-15-,27-25-. The molecule has 0 saturated carbocycles. The van der Waals surface area contributed by atoms with E-state index in [1.54, 1.807) is 0 Å². The van der Waals surface area contributed by atoms with Crippen molar-refractivity contribution in [2.45, 2.75) is 315 Å². The first-order valence-electron chi connectivity index (χ1n) is 30.2. The molecule has 0 aromatic carbocycles. The number of hydrogen-bond acceptors (Lipinski definition) is 10. The van der Waals surface area contributed by atoms with E-state index in [1.165, 1.54) is 161 Å². The van der Waals surface area contributed by atoms with E-state index < -0.39 is 57.8 Å². The van der Waals surface area contributed by atoms with Crippen LogP contribution in [0.15, 0.2) is 24.3 Å².